The topological polar surface area (TPSA) is 36.9 Å². The molecule has 0 bridgehead atoms. The van der Waals surface area contributed by atoms with Crippen LogP contribution in [0.1, 0.15) is 11.5 Å². The van der Waals surface area contributed by atoms with E-state index < -0.39 is 0 Å². The van der Waals surface area contributed by atoms with Crippen LogP contribution in [0.2, 0.25) is 0 Å². The van der Waals surface area contributed by atoms with Crippen molar-refractivity contribution in [1.29, 1.82) is 5.26 Å². The standard InChI is InChI=1S/C9H7Cl2NO/c10-4-7(6-12)3-8-1-2-9(5-11)13-8/h1-3H,4-5H2/b7-3-. The van der Waals surface area contributed by atoms with Crippen molar-refractivity contribution in [3.05, 3.63) is 29.2 Å². The molecule has 0 aliphatic heterocycles. The second-order valence-electron chi connectivity index (χ2n) is 2.35. The predicted octanol–water partition coefficient (Wildman–Crippen LogP) is 3.16. The fraction of sp³-hybridized carbons (Fsp3) is 0.222. The average molecular weight is 216 g/mol. The summed E-state index contributed by atoms with van der Waals surface area (Å²) in [6.45, 7) is 0. The van der Waals surface area contributed by atoms with E-state index in [0.717, 1.165) is 0 Å². The molecule has 0 spiro atoms. The van der Waals surface area contributed by atoms with Crippen molar-refractivity contribution in [2.24, 2.45) is 0 Å². The molecule has 1 aromatic heterocycles. The van der Waals surface area contributed by atoms with Crippen molar-refractivity contribution < 1.29 is 4.42 Å². The van der Waals surface area contributed by atoms with Gasteiger partial charge in [0.1, 0.15) is 11.5 Å². The molecular weight excluding hydrogens is 209 g/mol. The molecule has 0 fully saturated rings. The van der Waals surface area contributed by atoms with Gasteiger partial charge in [0.05, 0.1) is 17.8 Å². The summed E-state index contributed by atoms with van der Waals surface area (Å²) in [6, 6.07) is 5.48. The maximum atomic E-state index is 8.58. The normalized spacial score (nSPS) is 11.3. The van der Waals surface area contributed by atoms with Crippen LogP contribution in [0.5, 0.6) is 0 Å². The van der Waals surface area contributed by atoms with E-state index in [1.54, 1.807) is 18.2 Å². The van der Waals surface area contributed by atoms with Crippen LogP contribution in [0, 0.1) is 11.3 Å². The number of nitriles is 1. The summed E-state index contributed by atoms with van der Waals surface area (Å²) in [6.07, 6.45) is 1.60. The number of nitrogens with zero attached hydrogens (tertiary/aromatic N) is 1. The van der Waals surface area contributed by atoms with Crippen molar-refractivity contribution in [3.63, 3.8) is 0 Å². The molecule has 4 heteroatoms. The summed E-state index contributed by atoms with van der Waals surface area (Å²) in [5, 5.41) is 8.58. The molecule has 0 radical (unpaired) electrons. The Morgan fingerprint density at radius 2 is 2.31 bits per heavy atom. The molecule has 2 nitrogen and oxygen atoms in total. The van der Waals surface area contributed by atoms with Crippen LogP contribution in [0.3, 0.4) is 0 Å². The monoisotopic (exact) mass is 215 g/mol. The quantitative estimate of drug-likeness (QED) is 0.574. The summed E-state index contributed by atoms with van der Waals surface area (Å²) in [5.41, 5.74) is 0.470. The molecule has 0 saturated carbocycles. The summed E-state index contributed by atoms with van der Waals surface area (Å²) in [7, 11) is 0. The lowest BCUT2D eigenvalue weighted by Crippen LogP contribution is -1.78. The fourth-order valence-electron chi connectivity index (χ4n) is 0.816. The Hall–Kier alpha value is -0.910. The van der Waals surface area contributed by atoms with Crippen molar-refractivity contribution in [3.8, 4) is 6.07 Å². The highest BCUT2D eigenvalue weighted by molar-refractivity contribution is 6.20. The number of halogens is 2. The Labute approximate surface area is 86.4 Å². The minimum atomic E-state index is 0.188. The molecule has 0 aliphatic rings. The lowest BCUT2D eigenvalue weighted by Gasteiger charge is -1.88. The molecule has 13 heavy (non-hydrogen) atoms. The first-order chi connectivity index (χ1) is 6.30. The lowest BCUT2D eigenvalue weighted by atomic mass is 10.3. The number of hydrogen-bond donors (Lipinski definition) is 0. The number of rotatable bonds is 3. The Balaban J connectivity index is 2.85. The van der Waals surface area contributed by atoms with Crippen molar-refractivity contribution in [1.82, 2.24) is 0 Å². The third kappa shape index (κ3) is 2.80. The van der Waals surface area contributed by atoms with E-state index in [0.29, 0.717) is 23.0 Å². The van der Waals surface area contributed by atoms with Gasteiger partial charge in [-0.05, 0) is 18.2 Å². The third-order valence-corrected chi connectivity index (χ3v) is 1.97. The van der Waals surface area contributed by atoms with Gasteiger partial charge in [0.15, 0.2) is 0 Å². The molecule has 1 rings (SSSR count). The number of alkyl halides is 2. The summed E-state index contributed by atoms with van der Waals surface area (Å²) < 4.78 is 5.25. The van der Waals surface area contributed by atoms with Gasteiger partial charge in [-0.3, -0.25) is 0 Å². The van der Waals surface area contributed by atoms with Gasteiger partial charge in [-0.2, -0.15) is 5.26 Å². The van der Waals surface area contributed by atoms with Gasteiger partial charge < -0.3 is 4.42 Å². The minimum absolute atomic E-state index is 0.188. The Morgan fingerprint density at radius 3 is 2.77 bits per heavy atom. The van der Waals surface area contributed by atoms with Gasteiger partial charge in [-0.1, -0.05) is 0 Å². The zero-order valence-electron chi connectivity index (χ0n) is 6.76. The maximum Gasteiger partial charge on any atom is 0.128 e. The predicted molar refractivity (Wildman–Crippen MR) is 52.6 cm³/mol. The van der Waals surface area contributed by atoms with Gasteiger partial charge in [0, 0.05) is 5.57 Å². The summed E-state index contributed by atoms with van der Waals surface area (Å²) >= 11 is 11.0. The average Bonchev–Trinajstić information content (AvgIpc) is 2.61. The van der Waals surface area contributed by atoms with Crippen LogP contribution in [0.15, 0.2) is 22.1 Å². The van der Waals surface area contributed by atoms with Gasteiger partial charge in [0.25, 0.3) is 0 Å². The summed E-state index contributed by atoms with van der Waals surface area (Å²) in [5.74, 6) is 1.80. The van der Waals surface area contributed by atoms with E-state index >= 15 is 0 Å². The molecule has 1 heterocycles. The van der Waals surface area contributed by atoms with Gasteiger partial charge in [-0.25, -0.2) is 0 Å². The zero-order chi connectivity index (χ0) is 9.68. The first-order valence-corrected chi connectivity index (χ1v) is 4.68. The van der Waals surface area contributed by atoms with Gasteiger partial charge in [-0.15, -0.1) is 23.2 Å². The number of furan rings is 1. The molecule has 0 atom stereocenters. The van der Waals surface area contributed by atoms with Gasteiger partial charge >= 0.3 is 0 Å². The largest absolute Gasteiger partial charge is 0.460 e. The molecule has 0 amide bonds. The van der Waals surface area contributed by atoms with Crippen LogP contribution in [-0.2, 0) is 5.88 Å². The number of hydrogen-bond acceptors (Lipinski definition) is 2. The Bertz CT molecular complexity index is 349. The van der Waals surface area contributed by atoms with Crippen molar-refractivity contribution in [2.45, 2.75) is 5.88 Å². The van der Waals surface area contributed by atoms with Crippen molar-refractivity contribution >= 4 is 29.3 Å². The SMILES string of the molecule is N#C/C(=C\c1ccc(CCl)o1)CCl. The van der Waals surface area contributed by atoms with E-state index in [2.05, 4.69) is 0 Å². The molecule has 0 N–H and O–H groups in total. The van der Waals surface area contributed by atoms with Crippen LogP contribution in [0.25, 0.3) is 6.08 Å². The van der Waals surface area contributed by atoms with Crippen LogP contribution in [0.4, 0.5) is 0 Å². The fourth-order valence-corrected chi connectivity index (χ4v) is 1.10. The lowest BCUT2D eigenvalue weighted by molar-refractivity contribution is 0.520. The number of allylic oxidation sites excluding steroid dienone is 1. The van der Waals surface area contributed by atoms with E-state index in [4.69, 9.17) is 32.9 Å². The highest BCUT2D eigenvalue weighted by Gasteiger charge is 1.99. The van der Waals surface area contributed by atoms with E-state index in [1.807, 2.05) is 6.07 Å². The van der Waals surface area contributed by atoms with Crippen LogP contribution in [-0.4, -0.2) is 5.88 Å². The second kappa shape index (κ2) is 4.96. The Kier molecular flexibility index (Phi) is 3.88. The Morgan fingerprint density at radius 1 is 1.54 bits per heavy atom. The van der Waals surface area contributed by atoms with Crippen LogP contribution >= 0.6 is 23.2 Å². The first kappa shape index (κ1) is 10.2. The molecule has 0 unspecified atom stereocenters. The first-order valence-electron chi connectivity index (χ1n) is 3.61. The zero-order valence-corrected chi connectivity index (χ0v) is 8.27. The molecular formula is C9H7Cl2NO. The molecule has 0 saturated heterocycles. The van der Waals surface area contributed by atoms with Crippen molar-refractivity contribution in [2.75, 3.05) is 5.88 Å². The summed E-state index contributed by atoms with van der Waals surface area (Å²) in [4.78, 5) is 0. The third-order valence-electron chi connectivity index (χ3n) is 1.42. The highest BCUT2D eigenvalue weighted by atomic mass is 35.5. The van der Waals surface area contributed by atoms with E-state index in [-0.39, 0.29) is 5.88 Å². The van der Waals surface area contributed by atoms with E-state index in [1.165, 1.54) is 0 Å². The smallest absolute Gasteiger partial charge is 0.128 e. The molecule has 0 aliphatic carbocycles. The second-order valence-corrected chi connectivity index (χ2v) is 2.89. The van der Waals surface area contributed by atoms with Gasteiger partial charge in [0.2, 0.25) is 0 Å². The van der Waals surface area contributed by atoms with E-state index in [9.17, 15) is 0 Å². The molecule has 68 valence electrons. The highest BCUT2D eigenvalue weighted by Crippen LogP contribution is 2.13. The molecule has 0 aromatic carbocycles. The maximum absolute atomic E-state index is 8.58. The van der Waals surface area contributed by atoms with Crippen LogP contribution < -0.4 is 0 Å². The molecule has 1 aromatic rings. The minimum Gasteiger partial charge on any atom is -0.460 e.